The molecule has 0 heterocycles. The zero-order valence-electron chi connectivity index (χ0n) is 12.7. The van der Waals surface area contributed by atoms with E-state index >= 15 is 0 Å². The minimum absolute atomic E-state index is 0.246. The highest BCUT2D eigenvalue weighted by Crippen LogP contribution is 2.22. The molecule has 3 N–H and O–H groups in total. The molecule has 24 heavy (non-hydrogen) atoms. The van der Waals surface area contributed by atoms with Crippen LogP contribution >= 0.6 is 0 Å². The van der Waals surface area contributed by atoms with Crippen LogP contribution in [0.4, 0.5) is 4.79 Å². The van der Waals surface area contributed by atoms with E-state index in [9.17, 15) is 9.59 Å². The third-order valence-corrected chi connectivity index (χ3v) is 3.06. The standard InChI is InChI=1S/C18H15N3O3/c19-11-15(17(22)21-18(20)23)10-14-8-4-5-9-16(14)24-12-13-6-2-1-3-7-13/h1-10H,12H2,(H3,20,21,22,23). The first-order chi connectivity index (χ1) is 11.6. The zero-order valence-corrected chi connectivity index (χ0v) is 12.7. The van der Waals surface area contributed by atoms with E-state index in [1.165, 1.54) is 6.08 Å². The summed E-state index contributed by atoms with van der Waals surface area (Å²) in [7, 11) is 0. The normalized spacial score (nSPS) is 10.5. The van der Waals surface area contributed by atoms with Gasteiger partial charge < -0.3 is 10.5 Å². The van der Waals surface area contributed by atoms with E-state index in [1.807, 2.05) is 35.6 Å². The van der Waals surface area contributed by atoms with Crippen LogP contribution in [-0.2, 0) is 11.4 Å². The Balaban J connectivity index is 2.21. The Bertz CT molecular complexity index is 808. The van der Waals surface area contributed by atoms with Gasteiger partial charge in [0.2, 0.25) is 0 Å². The predicted molar refractivity (Wildman–Crippen MR) is 88.5 cm³/mol. The first kappa shape index (κ1) is 16.8. The van der Waals surface area contributed by atoms with Crippen LogP contribution in [0.2, 0.25) is 0 Å². The number of primary amides is 1. The summed E-state index contributed by atoms with van der Waals surface area (Å²) in [5.41, 5.74) is 6.18. The molecule has 0 atom stereocenters. The summed E-state index contributed by atoms with van der Waals surface area (Å²) in [6.45, 7) is 0.348. The van der Waals surface area contributed by atoms with Crippen molar-refractivity contribution in [3.05, 3.63) is 71.3 Å². The topological polar surface area (TPSA) is 105 Å². The number of hydrogen-bond acceptors (Lipinski definition) is 4. The third-order valence-electron chi connectivity index (χ3n) is 3.06. The van der Waals surface area contributed by atoms with Crippen LogP contribution in [0.3, 0.4) is 0 Å². The fourth-order valence-electron chi connectivity index (χ4n) is 1.95. The van der Waals surface area contributed by atoms with Crippen molar-refractivity contribution in [2.45, 2.75) is 6.61 Å². The molecule has 6 heteroatoms. The van der Waals surface area contributed by atoms with Crippen molar-refractivity contribution >= 4 is 18.0 Å². The molecule has 0 unspecified atom stereocenters. The number of carbonyl (C=O) groups excluding carboxylic acids is 2. The van der Waals surface area contributed by atoms with E-state index in [-0.39, 0.29) is 5.57 Å². The largest absolute Gasteiger partial charge is 0.488 e. The lowest BCUT2D eigenvalue weighted by Crippen LogP contribution is -2.35. The SMILES string of the molecule is N#CC(=Cc1ccccc1OCc1ccccc1)C(=O)NC(N)=O. The smallest absolute Gasteiger partial charge is 0.319 e. The molecule has 6 nitrogen and oxygen atoms in total. The number of benzene rings is 2. The summed E-state index contributed by atoms with van der Waals surface area (Å²) in [5.74, 6) is -0.344. The number of imide groups is 1. The molecule has 0 fully saturated rings. The van der Waals surface area contributed by atoms with Crippen molar-refractivity contribution in [3.8, 4) is 11.8 Å². The van der Waals surface area contributed by atoms with Gasteiger partial charge in [0, 0.05) is 5.56 Å². The molecule has 120 valence electrons. The van der Waals surface area contributed by atoms with Crippen LogP contribution in [0, 0.1) is 11.3 Å². The van der Waals surface area contributed by atoms with Crippen LogP contribution in [0.15, 0.2) is 60.2 Å². The fourth-order valence-corrected chi connectivity index (χ4v) is 1.95. The van der Waals surface area contributed by atoms with Crippen LogP contribution < -0.4 is 15.8 Å². The summed E-state index contributed by atoms with van der Waals surface area (Å²) >= 11 is 0. The van der Waals surface area contributed by atoms with Crippen molar-refractivity contribution in [2.24, 2.45) is 5.73 Å². The molecule has 0 saturated carbocycles. The molecule has 2 aromatic rings. The molecule has 0 aliphatic carbocycles. The molecule has 0 radical (unpaired) electrons. The van der Waals surface area contributed by atoms with Crippen molar-refractivity contribution in [1.29, 1.82) is 5.26 Å². The average molecular weight is 321 g/mol. The van der Waals surface area contributed by atoms with Crippen molar-refractivity contribution < 1.29 is 14.3 Å². The van der Waals surface area contributed by atoms with E-state index < -0.39 is 11.9 Å². The lowest BCUT2D eigenvalue weighted by atomic mass is 10.1. The quantitative estimate of drug-likeness (QED) is 0.651. The van der Waals surface area contributed by atoms with Gasteiger partial charge >= 0.3 is 6.03 Å². The van der Waals surface area contributed by atoms with E-state index in [2.05, 4.69) is 0 Å². The maximum atomic E-state index is 11.7. The van der Waals surface area contributed by atoms with Crippen molar-refractivity contribution in [2.75, 3.05) is 0 Å². The Morgan fingerprint density at radius 1 is 1.12 bits per heavy atom. The van der Waals surface area contributed by atoms with Crippen LogP contribution in [0.1, 0.15) is 11.1 Å². The number of carbonyl (C=O) groups is 2. The second-order valence-electron chi connectivity index (χ2n) is 4.80. The summed E-state index contributed by atoms with van der Waals surface area (Å²) in [6, 6.07) is 17.3. The predicted octanol–water partition coefficient (Wildman–Crippen LogP) is 2.37. The van der Waals surface area contributed by atoms with Crippen molar-refractivity contribution in [1.82, 2.24) is 5.32 Å². The number of para-hydroxylation sites is 1. The average Bonchev–Trinajstić information content (AvgIpc) is 2.59. The van der Waals surface area contributed by atoms with E-state index in [4.69, 9.17) is 15.7 Å². The molecule has 0 spiro atoms. The summed E-state index contributed by atoms with van der Waals surface area (Å²) in [6.07, 6.45) is 1.35. The molecule has 0 aromatic heterocycles. The Kier molecular flexibility index (Phi) is 5.70. The van der Waals surface area contributed by atoms with E-state index in [1.54, 1.807) is 30.3 Å². The summed E-state index contributed by atoms with van der Waals surface area (Å²) in [4.78, 5) is 22.5. The van der Waals surface area contributed by atoms with Gasteiger partial charge in [-0.3, -0.25) is 10.1 Å². The lowest BCUT2D eigenvalue weighted by molar-refractivity contribution is -0.115. The number of ether oxygens (including phenoxy) is 1. The van der Waals surface area contributed by atoms with Crippen LogP contribution in [-0.4, -0.2) is 11.9 Å². The number of nitriles is 1. The van der Waals surface area contributed by atoms with Gasteiger partial charge in [-0.05, 0) is 17.7 Å². The number of nitrogens with one attached hydrogen (secondary N) is 1. The fraction of sp³-hybridized carbons (Fsp3) is 0.0556. The van der Waals surface area contributed by atoms with E-state index in [0.717, 1.165) is 5.56 Å². The van der Waals surface area contributed by atoms with Crippen molar-refractivity contribution in [3.63, 3.8) is 0 Å². The van der Waals surface area contributed by atoms with Gasteiger partial charge in [0.15, 0.2) is 0 Å². The second-order valence-corrected chi connectivity index (χ2v) is 4.80. The van der Waals surface area contributed by atoms with Gasteiger partial charge in [-0.25, -0.2) is 4.79 Å². The molecular formula is C18H15N3O3. The van der Waals surface area contributed by atoms with Gasteiger partial charge in [0.25, 0.3) is 5.91 Å². The van der Waals surface area contributed by atoms with E-state index in [0.29, 0.717) is 17.9 Å². The maximum absolute atomic E-state index is 11.7. The highest BCUT2D eigenvalue weighted by atomic mass is 16.5. The maximum Gasteiger partial charge on any atom is 0.319 e. The van der Waals surface area contributed by atoms with Gasteiger partial charge in [-0.15, -0.1) is 0 Å². The van der Waals surface area contributed by atoms with Crippen LogP contribution in [0.5, 0.6) is 5.75 Å². The molecular weight excluding hydrogens is 306 g/mol. The Labute approximate surface area is 139 Å². The number of rotatable bonds is 5. The van der Waals surface area contributed by atoms with Gasteiger partial charge in [-0.1, -0.05) is 48.5 Å². The Morgan fingerprint density at radius 2 is 1.79 bits per heavy atom. The van der Waals surface area contributed by atoms with Gasteiger partial charge in [0.05, 0.1) is 0 Å². The Morgan fingerprint density at radius 3 is 2.46 bits per heavy atom. The molecule has 3 amide bonds. The molecule has 0 aliphatic heterocycles. The first-order valence-corrected chi connectivity index (χ1v) is 7.08. The lowest BCUT2D eigenvalue weighted by Gasteiger charge is -2.09. The number of nitrogens with zero attached hydrogens (tertiary/aromatic N) is 1. The number of nitrogens with two attached hydrogens (primary N) is 1. The third kappa shape index (κ3) is 4.71. The molecule has 0 saturated heterocycles. The minimum atomic E-state index is -1.02. The number of urea groups is 1. The zero-order chi connectivity index (χ0) is 17.4. The molecule has 2 aromatic carbocycles. The number of hydrogen-bond donors (Lipinski definition) is 2. The summed E-state index contributed by atoms with van der Waals surface area (Å²) in [5, 5.41) is 11.0. The molecule has 2 rings (SSSR count). The molecule has 0 aliphatic rings. The summed E-state index contributed by atoms with van der Waals surface area (Å²) < 4.78 is 5.75. The monoisotopic (exact) mass is 321 g/mol. The van der Waals surface area contributed by atoms with Crippen LogP contribution in [0.25, 0.3) is 6.08 Å². The number of amides is 3. The van der Waals surface area contributed by atoms with Gasteiger partial charge in [-0.2, -0.15) is 5.26 Å². The molecule has 0 bridgehead atoms. The second kappa shape index (κ2) is 8.15. The Hall–Kier alpha value is -3.59. The highest BCUT2D eigenvalue weighted by Gasteiger charge is 2.12. The minimum Gasteiger partial charge on any atom is -0.488 e. The highest BCUT2D eigenvalue weighted by molar-refractivity contribution is 6.08. The first-order valence-electron chi connectivity index (χ1n) is 7.08. The van der Waals surface area contributed by atoms with Gasteiger partial charge in [0.1, 0.15) is 24.0 Å².